The second kappa shape index (κ2) is 9.53. The summed E-state index contributed by atoms with van der Waals surface area (Å²) in [6.45, 7) is 1.08. The zero-order valence-electron chi connectivity index (χ0n) is 16.1. The molecule has 4 aromatic rings. The molecular formula is C23H20Br2N4O. The van der Waals surface area contributed by atoms with Crippen LogP contribution in [0.3, 0.4) is 0 Å². The predicted molar refractivity (Wildman–Crippen MR) is 123 cm³/mol. The SMILES string of the molecule is O=C(C(Cn1ccnc1)c1ccc(Br)cc1)C(Cn1ccnc1)c1ccc(Br)cc1. The molecule has 2 aromatic carbocycles. The Balaban J connectivity index is 1.72. The summed E-state index contributed by atoms with van der Waals surface area (Å²) in [5.74, 6) is -0.434. The fourth-order valence-corrected chi connectivity index (χ4v) is 4.09. The maximum atomic E-state index is 14.0. The van der Waals surface area contributed by atoms with Gasteiger partial charge in [0.15, 0.2) is 5.78 Å². The number of imidazole rings is 2. The Morgan fingerprint density at radius 2 is 1.13 bits per heavy atom. The van der Waals surface area contributed by atoms with Crippen LogP contribution < -0.4 is 0 Å². The number of ketones is 1. The van der Waals surface area contributed by atoms with Crippen molar-refractivity contribution in [2.75, 3.05) is 0 Å². The van der Waals surface area contributed by atoms with E-state index < -0.39 is 0 Å². The molecule has 5 nitrogen and oxygen atoms in total. The molecule has 0 spiro atoms. The predicted octanol–water partition coefficient (Wildman–Crippen LogP) is 5.44. The molecule has 30 heavy (non-hydrogen) atoms. The van der Waals surface area contributed by atoms with E-state index in [0.29, 0.717) is 13.1 Å². The monoisotopic (exact) mass is 526 g/mol. The largest absolute Gasteiger partial charge is 0.336 e. The van der Waals surface area contributed by atoms with E-state index in [0.717, 1.165) is 20.1 Å². The lowest BCUT2D eigenvalue weighted by Crippen LogP contribution is -2.27. The highest BCUT2D eigenvalue weighted by Gasteiger charge is 2.30. The van der Waals surface area contributed by atoms with Crippen LogP contribution in [0.2, 0.25) is 0 Å². The Bertz CT molecular complexity index is 988. The van der Waals surface area contributed by atoms with Gasteiger partial charge in [-0.05, 0) is 35.4 Å². The minimum absolute atomic E-state index is 0.169. The standard InChI is InChI=1S/C23H20Br2N4O/c24-19-5-1-17(2-6-19)21(13-28-11-9-26-15-28)23(30)22(14-29-12-10-27-16-29)18-3-7-20(25)8-4-18/h1-12,15-16,21-22H,13-14H2. The maximum Gasteiger partial charge on any atom is 0.151 e. The number of halogens is 2. The number of nitrogens with zero attached hydrogens (tertiary/aromatic N) is 4. The molecule has 2 heterocycles. The highest BCUT2D eigenvalue weighted by molar-refractivity contribution is 9.10. The van der Waals surface area contributed by atoms with E-state index >= 15 is 0 Å². The van der Waals surface area contributed by atoms with Gasteiger partial charge in [0.2, 0.25) is 0 Å². The van der Waals surface area contributed by atoms with Crippen molar-refractivity contribution in [2.45, 2.75) is 24.9 Å². The summed E-state index contributed by atoms with van der Waals surface area (Å²) in [6, 6.07) is 16.0. The lowest BCUT2D eigenvalue weighted by molar-refractivity contribution is -0.122. The molecule has 4 rings (SSSR count). The van der Waals surface area contributed by atoms with Gasteiger partial charge < -0.3 is 9.13 Å². The van der Waals surface area contributed by atoms with Gasteiger partial charge in [0.05, 0.1) is 24.5 Å². The molecule has 0 bridgehead atoms. The number of benzene rings is 2. The number of carbonyl (C=O) groups is 1. The summed E-state index contributed by atoms with van der Waals surface area (Å²) in [6.07, 6.45) is 10.8. The number of hydrogen-bond acceptors (Lipinski definition) is 3. The lowest BCUT2D eigenvalue weighted by Gasteiger charge is -2.24. The fraction of sp³-hybridized carbons (Fsp3) is 0.174. The molecule has 2 aromatic heterocycles. The number of hydrogen-bond donors (Lipinski definition) is 0. The first kappa shape index (κ1) is 20.8. The number of rotatable bonds is 8. The zero-order valence-corrected chi connectivity index (χ0v) is 19.3. The van der Waals surface area contributed by atoms with Crippen LogP contribution in [0.4, 0.5) is 0 Å². The normalized spacial score (nSPS) is 13.1. The third-order valence-corrected chi connectivity index (χ3v) is 6.19. The summed E-state index contributed by atoms with van der Waals surface area (Å²) < 4.78 is 5.90. The van der Waals surface area contributed by atoms with Crippen molar-refractivity contribution < 1.29 is 4.79 Å². The van der Waals surface area contributed by atoms with Gasteiger partial charge in [-0.2, -0.15) is 0 Å². The summed E-state index contributed by atoms with van der Waals surface area (Å²) in [4.78, 5) is 22.3. The summed E-state index contributed by atoms with van der Waals surface area (Å²) in [7, 11) is 0. The molecule has 0 aliphatic rings. The molecule has 152 valence electrons. The van der Waals surface area contributed by atoms with E-state index in [2.05, 4.69) is 41.8 Å². The highest BCUT2D eigenvalue weighted by atomic mass is 79.9. The fourth-order valence-electron chi connectivity index (χ4n) is 3.56. The van der Waals surface area contributed by atoms with Gasteiger partial charge in [-0.3, -0.25) is 4.79 Å². The Labute approximate surface area is 192 Å². The van der Waals surface area contributed by atoms with Crippen molar-refractivity contribution in [1.82, 2.24) is 19.1 Å². The molecule has 0 saturated carbocycles. The molecule has 0 N–H and O–H groups in total. The first-order valence-electron chi connectivity index (χ1n) is 9.56. The van der Waals surface area contributed by atoms with Gasteiger partial charge in [0.1, 0.15) is 0 Å². The van der Waals surface area contributed by atoms with E-state index in [-0.39, 0.29) is 17.6 Å². The second-order valence-electron chi connectivity index (χ2n) is 7.13. The minimum Gasteiger partial charge on any atom is -0.336 e. The zero-order chi connectivity index (χ0) is 20.9. The molecule has 7 heteroatoms. The van der Waals surface area contributed by atoms with E-state index in [1.165, 1.54) is 0 Å². The van der Waals surface area contributed by atoms with E-state index in [1.807, 2.05) is 70.1 Å². The maximum absolute atomic E-state index is 14.0. The Morgan fingerprint density at radius 3 is 1.47 bits per heavy atom. The summed E-state index contributed by atoms with van der Waals surface area (Å²) in [5.41, 5.74) is 1.98. The summed E-state index contributed by atoms with van der Waals surface area (Å²) >= 11 is 6.98. The smallest absolute Gasteiger partial charge is 0.151 e. The van der Waals surface area contributed by atoms with Crippen LogP contribution in [0.5, 0.6) is 0 Å². The van der Waals surface area contributed by atoms with Crippen molar-refractivity contribution in [3.63, 3.8) is 0 Å². The topological polar surface area (TPSA) is 52.7 Å². The van der Waals surface area contributed by atoms with Crippen LogP contribution in [-0.4, -0.2) is 24.9 Å². The first-order valence-corrected chi connectivity index (χ1v) is 11.1. The van der Waals surface area contributed by atoms with Gasteiger partial charge >= 0.3 is 0 Å². The molecule has 0 saturated heterocycles. The van der Waals surface area contributed by atoms with Gasteiger partial charge in [-0.15, -0.1) is 0 Å². The minimum atomic E-state index is -0.301. The third-order valence-electron chi connectivity index (χ3n) is 5.14. The van der Waals surface area contributed by atoms with E-state index in [1.54, 1.807) is 25.0 Å². The van der Waals surface area contributed by atoms with Crippen molar-refractivity contribution >= 4 is 37.6 Å². The molecule has 0 aliphatic heterocycles. The van der Waals surface area contributed by atoms with Crippen molar-refractivity contribution in [1.29, 1.82) is 0 Å². The van der Waals surface area contributed by atoms with Crippen LogP contribution in [0.15, 0.2) is 94.9 Å². The molecule has 2 unspecified atom stereocenters. The van der Waals surface area contributed by atoms with Crippen molar-refractivity contribution in [2.24, 2.45) is 0 Å². The Morgan fingerprint density at radius 1 is 0.733 bits per heavy atom. The van der Waals surface area contributed by atoms with E-state index in [4.69, 9.17) is 0 Å². The second-order valence-corrected chi connectivity index (χ2v) is 8.96. The van der Waals surface area contributed by atoms with E-state index in [9.17, 15) is 4.79 Å². The molecule has 0 aliphatic carbocycles. The van der Waals surface area contributed by atoms with Gasteiger partial charge in [0.25, 0.3) is 0 Å². The van der Waals surface area contributed by atoms with Crippen LogP contribution >= 0.6 is 31.9 Å². The van der Waals surface area contributed by atoms with Crippen LogP contribution in [0, 0.1) is 0 Å². The summed E-state index contributed by atoms with van der Waals surface area (Å²) in [5, 5.41) is 0. The Kier molecular flexibility index (Phi) is 6.59. The van der Waals surface area contributed by atoms with Crippen LogP contribution in [-0.2, 0) is 17.9 Å². The Hall–Kier alpha value is -2.51. The first-order chi connectivity index (χ1) is 14.6. The van der Waals surface area contributed by atoms with Crippen molar-refractivity contribution in [3.8, 4) is 0 Å². The van der Waals surface area contributed by atoms with Crippen LogP contribution in [0.25, 0.3) is 0 Å². The number of carbonyl (C=O) groups excluding carboxylic acids is 1. The van der Waals surface area contributed by atoms with Gasteiger partial charge in [-0.25, -0.2) is 9.97 Å². The van der Waals surface area contributed by atoms with Crippen molar-refractivity contribution in [3.05, 3.63) is 106 Å². The van der Waals surface area contributed by atoms with Crippen LogP contribution in [0.1, 0.15) is 23.0 Å². The molecule has 2 atom stereocenters. The molecular weight excluding hydrogens is 508 g/mol. The average Bonchev–Trinajstić information content (AvgIpc) is 3.46. The molecule has 0 fully saturated rings. The number of aromatic nitrogens is 4. The molecule has 0 radical (unpaired) electrons. The average molecular weight is 528 g/mol. The number of Topliss-reactive ketones (excluding diaryl/α,β-unsaturated/α-hetero) is 1. The molecule has 0 amide bonds. The quantitative estimate of drug-likeness (QED) is 0.306. The van der Waals surface area contributed by atoms with Gasteiger partial charge in [-0.1, -0.05) is 56.1 Å². The highest BCUT2D eigenvalue weighted by Crippen LogP contribution is 2.31. The lowest BCUT2D eigenvalue weighted by atomic mass is 9.83. The van der Waals surface area contributed by atoms with Gasteiger partial charge in [0, 0.05) is 46.8 Å². The third kappa shape index (κ3) is 4.96.